The monoisotopic (exact) mass is 403 g/mol. The zero-order chi connectivity index (χ0) is 21.3. The summed E-state index contributed by atoms with van der Waals surface area (Å²) in [5.74, 6) is 0.616. The van der Waals surface area contributed by atoms with Gasteiger partial charge in [-0.05, 0) is 47.2 Å². The Morgan fingerprint density at radius 2 is 1.87 bits per heavy atom. The maximum absolute atomic E-state index is 13.0. The van der Waals surface area contributed by atoms with Crippen LogP contribution in [0.3, 0.4) is 0 Å². The summed E-state index contributed by atoms with van der Waals surface area (Å²) in [7, 11) is 0. The lowest BCUT2D eigenvalue weighted by Crippen LogP contribution is -2.16. The molecule has 1 amide bonds. The van der Waals surface area contributed by atoms with E-state index >= 15 is 0 Å². The first-order chi connectivity index (χ1) is 14.3. The van der Waals surface area contributed by atoms with Crippen molar-refractivity contribution in [1.82, 2.24) is 40.0 Å². The quantitative estimate of drug-likeness (QED) is 0.556. The number of nitrogens with zero attached hydrogens (tertiary/aromatic N) is 8. The van der Waals surface area contributed by atoms with Crippen LogP contribution < -0.4 is 5.32 Å². The maximum atomic E-state index is 13.0. The van der Waals surface area contributed by atoms with Gasteiger partial charge in [0.25, 0.3) is 11.9 Å². The van der Waals surface area contributed by atoms with E-state index in [0.717, 1.165) is 16.9 Å². The number of carbonyl (C=O) groups excluding carboxylic acids is 1. The Balaban J connectivity index is 1.66. The Bertz CT molecular complexity index is 1170. The van der Waals surface area contributed by atoms with Crippen molar-refractivity contribution in [2.75, 3.05) is 5.32 Å². The molecule has 0 atom stereocenters. The number of tetrazole rings is 1. The summed E-state index contributed by atoms with van der Waals surface area (Å²) in [6.07, 6.45) is 4.77. The van der Waals surface area contributed by atoms with Gasteiger partial charge in [-0.15, -0.1) is 5.10 Å². The molecule has 3 heterocycles. The second kappa shape index (κ2) is 7.47. The first kappa shape index (κ1) is 19.4. The second-order valence-corrected chi connectivity index (χ2v) is 7.84. The van der Waals surface area contributed by atoms with Gasteiger partial charge < -0.3 is 5.32 Å². The number of aromatic nitrogens is 8. The molecule has 0 spiro atoms. The summed E-state index contributed by atoms with van der Waals surface area (Å²) in [6, 6.07) is 8.89. The molecule has 30 heavy (non-hydrogen) atoms. The molecule has 1 N–H and O–H groups in total. The van der Waals surface area contributed by atoms with Crippen molar-refractivity contribution in [2.24, 2.45) is 0 Å². The van der Waals surface area contributed by atoms with E-state index in [9.17, 15) is 4.79 Å². The largest absolute Gasteiger partial charge is 0.306 e. The Labute approximate surface area is 173 Å². The van der Waals surface area contributed by atoms with E-state index in [1.54, 1.807) is 46.0 Å². The molecule has 0 fully saturated rings. The van der Waals surface area contributed by atoms with Crippen LogP contribution in [-0.4, -0.2) is 45.9 Å². The zero-order valence-electron chi connectivity index (χ0n) is 17.1. The van der Waals surface area contributed by atoms with Crippen molar-refractivity contribution in [3.63, 3.8) is 0 Å². The van der Waals surface area contributed by atoms with E-state index in [-0.39, 0.29) is 11.3 Å². The minimum Gasteiger partial charge on any atom is -0.306 e. The lowest BCUT2D eigenvalue weighted by atomic mass is 9.92. The van der Waals surface area contributed by atoms with Gasteiger partial charge in [0, 0.05) is 29.4 Å². The Kier molecular flexibility index (Phi) is 4.82. The topological polar surface area (TPSA) is 116 Å². The van der Waals surface area contributed by atoms with E-state index in [0.29, 0.717) is 17.3 Å². The van der Waals surface area contributed by atoms with Gasteiger partial charge in [0.05, 0.1) is 11.4 Å². The van der Waals surface area contributed by atoms with Crippen molar-refractivity contribution >= 4 is 11.7 Å². The fourth-order valence-electron chi connectivity index (χ4n) is 2.90. The standard InChI is InChI=1S/C20H21N9O/c1-13-10-14(6-7-15(13)28-12-23-26-27-28)18(30)24-17-11-16(20(2,3)4)25-29(17)19-21-8-5-9-22-19/h5-12H,1-4H3,(H,24,30). The Hall–Kier alpha value is -3.95. The molecular formula is C20H21N9O. The molecule has 0 aliphatic rings. The van der Waals surface area contributed by atoms with Gasteiger partial charge in [0.15, 0.2) is 0 Å². The number of anilines is 1. The fraction of sp³-hybridized carbons (Fsp3) is 0.250. The van der Waals surface area contributed by atoms with Crippen LogP contribution in [0.25, 0.3) is 11.6 Å². The summed E-state index contributed by atoms with van der Waals surface area (Å²) >= 11 is 0. The molecule has 0 bridgehead atoms. The van der Waals surface area contributed by atoms with Crippen LogP contribution in [0.15, 0.2) is 49.1 Å². The SMILES string of the molecule is Cc1cc(C(=O)Nc2cc(C(C)(C)C)nn2-c2ncccn2)ccc1-n1cnnn1. The lowest BCUT2D eigenvalue weighted by Gasteiger charge is -2.13. The average molecular weight is 403 g/mol. The second-order valence-electron chi connectivity index (χ2n) is 7.84. The predicted molar refractivity (Wildman–Crippen MR) is 110 cm³/mol. The molecule has 4 rings (SSSR count). The first-order valence-electron chi connectivity index (χ1n) is 9.36. The van der Waals surface area contributed by atoms with Gasteiger partial charge in [0.2, 0.25) is 0 Å². The van der Waals surface area contributed by atoms with Crippen LogP contribution in [0.5, 0.6) is 0 Å². The molecule has 0 radical (unpaired) electrons. The maximum Gasteiger partial charge on any atom is 0.256 e. The number of hydrogen-bond donors (Lipinski definition) is 1. The van der Waals surface area contributed by atoms with Crippen molar-refractivity contribution in [3.8, 4) is 11.6 Å². The minimum absolute atomic E-state index is 0.205. The predicted octanol–water partition coefficient (Wildman–Crippen LogP) is 2.50. The summed E-state index contributed by atoms with van der Waals surface area (Å²) < 4.78 is 3.09. The van der Waals surface area contributed by atoms with Crippen LogP contribution >= 0.6 is 0 Å². The Morgan fingerprint density at radius 1 is 1.10 bits per heavy atom. The molecule has 0 saturated carbocycles. The summed E-state index contributed by atoms with van der Waals surface area (Å²) in [4.78, 5) is 21.5. The van der Waals surface area contributed by atoms with Gasteiger partial charge >= 0.3 is 0 Å². The van der Waals surface area contributed by atoms with Crippen LogP contribution in [0.4, 0.5) is 5.82 Å². The molecule has 4 aromatic rings. The minimum atomic E-state index is -0.265. The third-order valence-electron chi connectivity index (χ3n) is 4.52. The van der Waals surface area contributed by atoms with Gasteiger partial charge in [-0.2, -0.15) is 9.78 Å². The number of rotatable bonds is 4. The van der Waals surface area contributed by atoms with E-state index in [1.807, 2.05) is 13.0 Å². The summed E-state index contributed by atoms with van der Waals surface area (Å²) in [5, 5.41) is 18.7. The highest BCUT2D eigenvalue weighted by molar-refractivity contribution is 6.04. The summed E-state index contributed by atoms with van der Waals surface area (Å²) in [5.41, 5.74) is 2.78. The van der Waals surface area contributed by atoms with E-state index in [1.165, 1.54) is 6.33 Å². The zero-order valence-corrected chi connectivity index (χ0v) is 17.1. The molecule has 0 unspecified atom stereocenters. The third-order valence-corrected chi connectivity index (χ3v) is 4.52. The normalized spacial score (nSPS) is 11.5. The first-order valence-corrected chi connectivity index (χ1v) is 9.36. The van der Waals surface area contributed by atoms with E-state index in [2.05, 4.69) is 56.7 Å². The molecule has 152 valence electrons. The third kappa shape index (κ3) is 3.79. The molecule has 10 heteroatoms. The molecule has 0 aliphatic heterocycles. The number of nitrogens with one attached hydrogen (secondary N) is 1. The molecule has 10 nitrogen and oxygen atoms in total. The van der Waals surface area contributed by atoms with Crippen molar-refractivity contribution in [3.05, 3.63) is 65.9 Å². The molecule has 0 aliphatic carbocycles. The van der Waals surface area contributed by atoms with Gasteiger partial charge in [0.1, 0.15) is 12.1 Å². The number of aryl methyl sites for hydroxylation is 1. The highest BCUT2D eigenvalue weighted by Gasteiger charge is 2.22. The number of hydrogen-bond acceptors (Lipinski definition) is 7. The lowest BCUT2D eigenvalue weighted by molar-refractivity contribution is 0.102. The number of benzene rings is 1. The van der Waals surface area contributed by atoms with Crippen LogP contribution in [0, 0.1) is 6.92 Å². The van der Waals surface area contributed by atoms with Crippen LogP contribution in [0.1, 0.15) is 42.4 Å². The van der Waals surface area contributed by atoms with E-state index in [4.69, 9.17) is 0 Å². The van der Waals surface area contributed by atoms with Crippen LogP contribution in [0.2, 0.25) is 0 Å². The van der Waals surface area contributed by atoms with Gasteiger partial charge in [-0.3, -0.25) is 4.79 Å². The van der Waals surface area contributed by atoms with Gasteiger partial charge in [-0.1, -0.05) is 20.8 Å². The van der Waals surface area contributed by atoms with E-state index < -0.39 is 0 Å². The number of carbonyl (C=O) groups is 1. The highest BCUT2D eigenvalue weighted by atomic mass is 16.1. The molecule has 3 aromatic heterocycles. The average Bonchev–Trinajstić information content (AvgIpc) is 3.38. The van der Waals surface area contributed by atoms with Crippen LogP contribution in [-0.2, 0) is 5.41 Å². The van der Waals surface area contributed by atoms with Crippen molar-refractivity contribution in [2.45, 2.75) is 33.1 Å². The molecular weight excluding hydrogens is 382 g/mol. The van der Waals surface area contributed by atoms with Gasteiger partial charge in [-0.25, -0.2) is 14.6 Å². The summed E-state index contributed by atoms with van der Waals surface area (Å²) in [6.45, 7) is 8.06. The molecule has 1 aromatic carbocycles. The number of amides is 1. The highest BCUT2D eigenvalue weighted by Crippen LogP contribution is 2.26. The Morgan fingerprint density at radius 3 is 2.50 bits per heavy atom. The van der Waals surface area contributed by atoms with Crippen molar-refractivity contribution < 1.29 is 4.79 Å². The smallest absolute Gasteiger partial charge is 0.256 e. The fourth-order valence-corrected chi connectivity index (χ4v) is 2.90. The molecule has 0 saturated heterocycles. The van der Waals surface area contributed by atoms with Crippen molar-refractivity contribution in [1.29, 1.82) is 0 Å².